The first kappa shape index (κ1) is 13.9. The molecule has 2 aliphatic rings. The Morgan fingerprint density at radius 1 is 1.14 bits per heavy atom. The normalized spacial score (nSPS) is 38.3. The summed E-state index contributed by atoms with van der Waals surface area (Å²) < 4.78 is 1.73. The second-order valence-electron chi connectivity index (χ2n) is 6.54. The Balaban J connectivity index is 1.77. The van der Waals surface area contributed by atoms with Crippen molar-refractivity contribution in [1.82, 2.24) is 19.5 Å². The van der Waals surface area contributed by atoms with Crippen molar-refractivity contribution < 1.29 is 15.3 Å². The fourth-order valence-electron chi connectivity index (χ4n) is 4.08. The molecule has 0 bridgehead atoms. The molecule has 2 heterocycles. The summed E-state index contributed by atoms with van der Waals surface area (Å²) in [5.74, 6) is 0.283. The molecule has 0 saturated heterocycles. The van der Waals surface area contributed by atoms with E-state index in [0.29, 0.717) is 24.0 Å². The number of aliphatic hydroxyl groups is 3. The number of rotatable bonds is 1. The Morgan fingerprint density at radius 3 is 2.64 bits per heavy atom. The minimum Gasteiger partial charge on any atom is -0.391 e. The van der Waals surface area contributed by atoms with Gasteiger partial charge in [0.1, 0.15) is 11.8 Å². The quantitative estimate of drug-likeness (QED) is 0.571. The van der Waals surface area contributed by atoms with Crippen molar-refractivity contribution >= 4 is 17.0 Å². The van der Waals surface area contributed by atoms with Crippen LogP contribution in [0, 0.1) is 0 Å². The lowest BCUT2D eigenvalue weighted by atomic mass is 9.70. The van der Waals surface area contributed by atoms with Crippen molar-refractivity contribution in [2.24, 2.45) is 0 Å². The zero-order valence-electron chi connectivity index (χ0n) is 12.1. The third-order valence-electron chi connectivity index (χ3n) is 5.33. The van der Waals surface area contributed by atoms with Crippen molar-refractivity contribution in [3.05, 3.63) is 12.7 Å². The number of aliphatic hydroxyl groups excluding tert-OH is 1. The van der Waals surface area contributed by atoms with Crippen molar-refractivity contribution in [3.63, 3.8) is 0 Å². The number of nitrogen functional groups attached to an aromatic ring is 1. The van der Waals surface area contributed by atoms with E-state index in [1.165, 1.54) is 6.33 Å². The second kappa shape index (κ2) is 4.37. The molecule has 4 rings (SSSR count). The first-order chi connectivity index (χ1) is 10.4. The maximum atomic E-state index is 10.8. The summed E-state index contributed by atoms with van der Waals surface area (Å²) in [6, 6.07) is -0.400. The van der Waals surface area contributed by atoms with Gasteiger partial charge in [-0.3, -0.25) is 0 Å². The van der Waals surface area contributed by atoms with Gasteiger partial charge in [-0.15, -0.1) is 0 Å². The van der Waals surface area contributed by atoms with E-state index in [0.717, 1.165) is 6.42 Å². The Labute approximate surface area is 126 Å². The van der Waals surface area contributed by atoms with Crippen LogP contribution in [0.4, 0.5) is 5.82 Å². The summed E-state index contributed by atoms with van der Waals surface area (Å²) >= 11 is 0. The van der Waals surface area contributed by atoms with Crippen LogP contribution >= 0.6 is 0 Å². The van der Waals surface area contributed by atoms with Crippen molar-refractivity contribution in [2.45, 2.75) is 55.5 Å². The minimum absolute atomic E-state index is 0.147. The monoisotopic (exact) mass is 305 g/mol. The number of nitrogens with two attached hydrogens (primary N) is 1. The van der Waals surface area contributed by atoms with Crippen LogP contribution in [-0.2, 0) is 0 Å². The topological polar surface area (TPSA) is 130 Å². The fourth-order valence-corrected chi connectivity index (χ4v) is 4.08. The molecule has 2 aromatic heterocycles. The molecular formula is C14H19N5O3. The molecule has 0 aliphatic heterocycles. The molecule has 0 amide bonds. The summed E-state index contributed by atoms with van der Waals surface area (Å²) in [5.41, 5.74) is 4.42. The van der Waals surface area contributed by atoms with Crippen LogP contribution in [0.5, 0.6) is 0 Å². The molecule has 22 heavy (non-hydrogen) atoms. The highest BCUT2D eigenvalue weighted by molar-refractivity contribution is 5.81. The Morgan fingerprint density at radius 2 is 1.86 bits per heavy atom. The van der Waals surface area contributed by atoms with Gasteiger partial charge < -0.3 is 25.6 Å². The SMILES string of the molecule is Nc1ncnc2c1ncn2[C@H]1C[C@]2(O)CCC[C@@]2(O)C[C@@H]1O. The third kappa shape index (κ3) is 1.71. The van der Waals surface area contributed by atoms with E-state index in [2.05, 4.69) is 15.0 Å². The molecule has 2 aromatic rings. The van der Waals surface area contributed by atoms with E-state index in [-0.39, 0.29) is 18.7 Å². The summed E-state index contributed by atoms with van der Waals surface area (Å²) in [4.78, 5) is 12.3. The minimum atomic E-state index is -1.20. The average Bonchev–Trinajstić information content (AvgIpc) is 3.00. The Hall–Kier alpha value is -1.77. The smallest absolute Gasteiger partial charge is 0.165 e. The number of nitrogens with zero attached hydrogens (tertiary/aromatic N) is 4. The molecule has 118 valence electrons. The van der Waals surface area contributed by atoms with E-state index in [1.807, 2.05) is 0 Å². The van der Waals surface area contributed by atoms with Gasteiger partial charge >= 0.3 is 0 Å². The van der Waals surface area contributed by atoms with Gasteiger partial charge in [0.25, 0.3) is 0 Å². The molecular weight excluding hydrogens is 286 g/mol. The third-order valence-corrected chi connectivity index (χ3v) is 5.33. The van der Waals surface area contributed by atoms with E-state index < -0.39 is 23.3 Å². The molecule has 5 N–H and O–H groups in total. The van der Waals surface area contributed by atoms with Crippen LogP contribution in [0.2, 0.25) is 0 Å². The molecule has 0 spiro atoms. The van der Waals surface area contributed by atoms with Crippen LogP contribution in [-0.4, -0.2) is 52.1 Å². The predicted octanol–water partition coefficient (Wildman–Crippen LogP) is -0.250. The van der Waals surface area contributed by atoms with Crippen LogP contribution in [0.1, 0.15) is 38.1 Å². The van der Waals surface area contributed by atoms with Crippen molar-refractivity contribution in [2.75, 3.05) is 5.73 Å². The zero-order valence-corrected chi connectivity index (χ0v) is 12.1. The summed E-state index contributed by atoms with van der Waals surface area (Å²) in [7, 11) is 0. The Bertz CT molecular complexity index is 734. The number of imidazole rings is 1. The molecule has 2 fully saturated rings. The van der Waals surface area contributed by atoms with Gasteiger partial charge in [0.05, 0.1) is 29.7 Å². The number of hydrogen-bond donors (Lipinski definition) is 4. The van der Waals surface area contributed by atoms with Crippen LogP contribution in [0.15, 0.2) is 12.7 Å². The van der Waals surface area contributed by atoms with Gasteiger partial charge in [-0.05, 0) is 19.3 Å². The van der Waals surface area contributed by atoms with Gasteiger partial charge in [0, 0.05) is 12.8 Å². The first-order valence-corrected chi connectivity index (χ1v) is 7.49. The van der Waals surface area contributed by atoms with Gasteiger partial charge in [-0.25, -0.2) is 15.0 Å². The fraction of sp³-hybridized carbons (Fsp3) is 0.643. The maximum absolute atomic E-state index is 10.8. The van der Waals surface area contributed by atoms with Gasteiger partial charge in [0.15, 0.2) is 11.5 Å². The molecule has 8 nitrogen and oxygen atoms in total. The number of anilines is 1. The molecule has 0 radical (unpaired) electrons. The lowest BCUT2D eigenvalue weighted by molar-refractivity contribution is -0.188. The highest BCUT2D eigenvalue weighted by Gasteiger charge is 2.59. The second-order valence-corrected chi connectivity index (χ2v) is 6.54. The van der Waals surface area contributed by atoms with E-state index in [9.17, 15) is 15.3 Å². The average molecular weight is 305 g/mol. The highest BCUT2D eigenvalue weighted by atomic mass is 16.4. The molecule has 0 unspecified atom stereocenters. The molecule has 2 saturated carbocycles. The standard InChI is InChI=1S/C14H19N5O3/c15-11-10-12(17-6-16-11)19(7-18-10)8-4-13(21)2-1-3-14(13,22)5-9(8)20/h6-9,20-22H,1-5H2,(H2,15,16,17)/t8-,9-,13+,14+/m0/s1. The lowest BCUT2D eigenvalue weighted by Crippen LogP contribution is -2.58. The molecule has 8 heteroatoms. The lowest BCUT2D eigenvalue weighted by Gasteiger charge is -2.47. The van der Waals surface area contributed by atoms with Crippen molar-refractivity contribution in [3.8, 4) is 0 Å². The maximum Gasteiger partial charge on any atom is 0.165 e. The van der Waals surface area contributed by atoms with Crippen molar-refractivity contribution in [1.29, 1.82) is 0 Å². The largest absolute Gasteiger partial charge is 0.391 e. The number of aromatic nitrogens is 4. The van der Waals surface area contributed by atoms with Crippen LogP contribution in [0.25, 0.3) is 11.2 Å². The summed E-state index contributed by atoms with van der Waals surface area (Å²) in [6.07, 6.45) is 4.36. The molecule has 4 atom stereocenters. The summed E-state index contributed by atoms with van der Waals surface area (Å²) in [5, 5.41) is 32.0. The molecule has 0 aromatic carbocycles. The van der Waals surface area contributed by atoms with Crippen LogP contribution < -0.4 is 5.73 Å². The summed E-state index contributed by atoms with van der Waals surface area (Å²) in [6.45, 7) is 0. The molecule has 2 aliphatic carbocycles. The Kier molecular flexibility index (Phi) is 2.76. The number of hydrogen-bond acceptors (Lipinski definition) is 7. The highest BCUT2D eigenvalue weighted by Crippen LogP contribution is 2.51. The van der Waals surface area contributed by atoms with Crippen LogP contribution in [0.3, 0.4) is 0 Å². The first-order valence-electron chi connectivity index (χ1n) is 7.49. The van der Waals surface area contributed by atoms with E-state index >= 15 is 0 Å². The van der Waals surface area contributed by atoms with Gasteiger partial charge in [0.2, 0.25) is 0 Å². The predicted molar refractivity (Wildman–Crippen MR) is 77.8 cm³/mol. The zero-order chi connectivity index (χ0) is 15.5. The number of fused-ring (bicyclic) bond motifs is 2. The van der Waals surface area contributed by atoms with E-state index in [4.69, 9.17) is 5.73 Å². The van der Waals surface area contributed by atoms with Gasteiger partial charge in [-0.1, -0.05) is 0 Å². The van der Waals surface area contributed by atoms with Gasteiger partial charge in [-0.2, -0.15) is 0 Å². The van der Waals surface area contributed by atoms with E-state index in [1.54, 1.807) is 10.9 Å².